The molecule has 1 aromatic rings. The van der Waals surface area contributed by atoms with Crippen LogP contribution in [0.1, 0.15) is 5.56 Å². The number of amides is 1. The van der Waals surface area contributed by atoms with Gasteiger partial charge in [-0.25, -0.2) is 13.1 Å². The van der Waals surface area contributed by atoms with Crippen LogP contribution in [0.2, 0.25) is 0 Å². The zero-order valence-electron chi connectivity index (χ0n) is 11.0. The summed E-state index contributed by atoms with van der Waals surface area (Å²) in [6.45, 7) is 1.71. The number of carbonyl (C=O) groups is 1. The van der Waals surface area contributed by atoms with Crippen molar-refractivity contribution in [3.63, 3.8) is 0 Å². The number of hydrogen-bond acceptors (Lipinski definition) is 6. The Labute approximate surface area is 122 Å². The maximum absolute atomic E-state index is 12.0. The van der Waals surface area contributed by atoms with Crippen molar-refractivity contribution in [2.75, 3.05) is 18.6 Å². The first-order chi connectivity index (χ1) is 9.40. The molecule has 1 N–H and O–H groups in total. The molecule has 0 bridgehead atoms. The Kier molecular flexibility index (Phi) is 5.85. The van der Waals surface area contributed by atoms with Crippen LogP contribution in [0.15, 0.2) is 23.1 Å². The smallest absolute Gasteiger partial charge is 0.264 e. The van der Waals surface area contributed by atoms with Gasteiger partial charge < -0.3 is 4.74 Å². The normalized spacial score (nSPS) is 10.7. The summed E-state index contributed by atoms with van der Waals surface area (Å²) in [6, 6.07) is 6.18. The number of methoxy groups -OCH3 is 1. The van der Waals surface area contributed by atoms with Gasteiger partial charge in [-0.05, 0) is 30.7 Å². The summed E-state index contributed by atoms with van der Waals surface area (Å²) in [7, 11) is -2.40. The molecule has 0 radical (unpaired) electrons. The van der Waals surface area contributed by atoms with Gasteiger partial charge in [0.05, 0.1) is 29.6 Å². The van der Waals surface area contributed by atoms with E-state index < -0.39 is 15.9 Å². The lowest BCUT2D eigenvalue weighted by atomic mass is 10.2. The van der Waals surface area contributed by atoms with Crippen LogP contribution in [0, 0.1) is 18.3 Å². The van der Waals surface area contributed by atoms with Crippen LogP contribution in [0.5, 0.6) is 5.75 Å². The highest BCUT2D eigenvalue weighted by Gasteiger charge is 2.18. The molecule has 6 nitrogen and oxygen atoms in total. The molecule has 108 valence electrons. The van der Waals surface area contributed by atoms with Gasteiger partial charge in [-0.2, -0.15) is 5.26 Å². The van der Waals surface area contributed by atoms with E-state index in [1.807, 2.05) is 10.8 Å². The first kappa shape index (κ1) is 16.3. The molecule has 1 aromatic carbocycles. The average molecular weight is 314 g/mol. The van der Waals surface area contributed by atoms with E-state index in [-0.39, 0.29) is 16.4 Å². The van der Waals surface area contributed by atoms with Gasteiger partial charge in [0.2, 0.25) is 5.91 Å². The van der Waals surface area contributed by atoms with Crippen molar-refractivity contribution < 1.29 is 17.9 Å². The standard InChI is InChI=1S/C12H14N2O4S2/c1-9-7-10(3-4-11(9)18-2)20(16,17)14-12(15)8-19-6-5-13/h3-4,7H,6,8H2,1-2H3,(H,14,15). The second-order valence-electron chi connectivity index (χ2n) is 3.81. The number of hydrogen-bond donors (Lipinski definition) is 1. The molecule has 0 spiro atoms. The van der Waals surface area contributed by atoms with Crippen molar-refractivity contribution in [3.05, 3.63) is 23.8 Å². The Morgan fingerprint density at radius 2 is 2.20 bits per heavy atom. The fourth-order valence-corrected chi connectivity index (χ4v) is 3.06. The fourth-order valence-electron chi connectivity index (χ4n) is 1.45. The quantitative estimate of drug-likeness (QED) is 0.789. The lowest BCUT2D eigenvalue weighted by Crippen LogP contribution is -2.32. The number of aryl methyl sites for hydroxylation is 1. The minimum atomic E-state index is -3.90. The molecular weight excluding hydrogens is 300 g/mol. The third-order valence-electron chi connectivity index (χ3n) is 2.32. The molecule has 1 amide bonds. The Hall–Kier alpha value is -1.72. The number of nitrogens with one attached hydrogen (secondary N) is 1. The summed E-state index contributed by atoms with van der Waals surface area (Å²) in [5.41, 5.74) is 0.654. The molecule has 1 rings (SSSR count). The van der Waals surface area contributed by atoms with Crippen molar-refractivity contribution in [3.8, 4) is 11.8 Å². The zero-order chi connectivity index (χ0) is 15.2. The van der Waals surface area contributed by atoms with Gasteiger partial charge in [0.1, 0.15) is 5.75 Å². The lowest BCUT2D eigenvalue weighted by molar-refractivity contribution is -0.116. The highest BCUT2D eigenvalue weighted by molar-refractivity contribution is 8.00. The van der Waals surface area contributed by atoms with Crippen molar-refractivity contribution in [1.82, 2.24) is 4.72 Å². The highest BCUT2D eigenvalue weighted by Crippen LogP contribution is 2.21. The van der Waals surface area contributed by atoms with Gasteiger partial charge in [0.15, 0.2) is 0 Å². The molecule has 20 heavy (non-hydrogen) atoms. The number of nitriles is 1. The Balaban J connectivity index is 2.81. The monoisotopic (exact) mass is 314 g/mol. The Morgan fingerprint density at radius 1 is 1.50 bits per heavy atom. The summed E-state index contributed by atoms with van der Waals surface area (Å²) >= 11 is 1.05. The molecule has 0 fully saturated rings. The van der Waals surface area contributed by atoms with Gasteiger partial charge in [-0.3, -0.25) is 4.79 Å². The summed E-state index contributed by atoms with van der Waals surface area (Å²) in [4.78, 5) is 11.5. The fraction of sp³-hybridized carbons (Fsp3) is 0.333. The summed E-state index contributed by atoms with van der Waals surface area (Å²) < 4.78 is 31.0. The maximum Gasteiger partial charge on any atom is 0.264 e. The predicted molar refractivity (Wildman–Crippen MR) is 76.0 cm³/mol. The molecule has 0 heterocycles. The molecule has 0 aliphatic heterocycles. The van der Waals surface area contributed by atoms with Crippen LogP contribution in [0.3, 0.4) is 0 Å². The van der Waals surface area contributed by atoms with E-state index in [9.17, 15) is 13.2 Å². The summed E-state index contributed by atoms with van der Waals surface area (Å²) in [5.74, 6) is -0.0320. The van der Waals surface area contributed by atoms with Crippen LogP contribution in [0.25, 0.3) is 0 Å². The van der Waals surface area contributed by atoms with Crippen LogP contribution in [-0.2, 0) is 14.8 Å². The van der Waals surface area contributed by atoms with Crippen molar-refractivity contribution in [2.24, 2.45) is 0 Å². The molecular formula is C12H14N2O4S2. The van der Waals surface area contributed by atoms with Gasteiger partial charge in [0.25, 0.3) is 10.0 Å². The molecule has 0 atom stereocenters. The van der Waals surface area contributed by atoms with Crippen LogP contribution in [-0.4, -0.2) is 32.9 Å². The highest BCUT2D eigenvalue weighted by atomic mass is 32.2. The van der Waals surface area contributed by atoms with Crippen LogP contribution < -0.4 is 9.46 Å². The third kappa shape index (κ3) is 4.43. The summed E-state index contributed by atoms with van der Waals surface area (Å²) in [6.07, 6.45) is 0. The third-order valence-corrected chi connectivity index (χ3v) is 4.50. The number of sulfonamides is 1. The number of rotatable bonds is 6. The van der Waals surface area contributed by atoms with Gasteiger partial charge in [-0.1, -0.05) is 0 Å². The number of benzene rings is 1. The van der Waals surface area contributed by atoms with Gasteiger partial charge in [-0.15, -0.1) is 11.8 Å². The minimum Gasteiger partial charge on any atom is -0.496 e. The molecule has 0 aromatic heterocycles. The number of ether oxygens (including phenoxy) is 1. The largest absolute Gasteiger partial charge is 0.496 e. The molecule has 0 aliphatic carbocycles. The van der Waals surface area contributed by atoms with Gasteiger partial charge in [0, 0.05) is 0 Å². The van der Waals surface area contributed by atoms with E-state index in [1.54, 1.807) is 6.92 Å². The first-order valence-electron chi connectivity index (χ1n) is 5.55. The molecule has 0 saturated carbocycles. The number of carbonyl (C=O) groups excluding carboxylic acids is 1. The van der Waals surface area contributed by atoms with E-state index >= 15 is 0 Å². The van der Waals surface area contributed by atoms with Crippen LogP contribution in [0.4, 0.5) is 0 Å². The molecule has 8 heteroatoms. The van der Waals surface area contributed by atoms with E-state index in [0.717, 1.165) is 11.8 Å². The van der Waals surface area contributed by atoms with E-state index in [4.69, 9.17) is 10.00 Å². The lowest BCUT2D eigenvalue weighted by Gasteiger charge is -2.09. The predicted octanol–water partition coefficient (Wildman–Crippen LogP) is 1.07. The maximum atomic E-state index is 12.0. The Bertz CT molecular complexity index is 635. The van der Waals surface area contributed by atoms with Crippen molar-refractivity contribution in [1.29, 1.82) is 5.26 Å². The molecule has 0 unspecified atom stereocenters. The Morgan fingerprint density at radius 3 is 2.75 bits per heavy atom. The SMILES string of the molecule is COc1ccc(S(=O)(=O)NC(=O)CSCC#N)cc1C. The zero-order valence-corrected chi connectivity index (χ0v) is 12.7. The minimum absolute atomic E-state index is 0.00515. The number of nitrogens with zero attached hydrogens (tertiary/aromatic N) is 1. The average Bonchev–Trinajstić information content (AvgIpc) is 2.38. The first-order valence-corrected chi connectivity index (χ1v) is 8.19. The summed E-state index contributed by atoms with van der Waals surface area (Å²) in [5, 5.41) is 8.34. The molecule has 0 aliphatic rings. The van der Waals surface area contributed by atoms with E-state index in [2.05, 4.69) is 0 Å². The topological polar surface area (TPSA) is 96.3 Å². The second kappa shape index (κ2) is 7.17. The van der Waals surface area contributed by atoms with E-state index in [1.165, 1.54) is 25.3 Å². The van der Waals surface area contributed by atoms with Crippen molar-refractivity contribution in [2.45, 2.75) is 11.8 Å². The number of thioether (sulfide) groups is 1. The second-order valence-corrected chi connectivity index (χ2v) is 6.48. The van der Waals surface area contributed by atoms with Gasteiger partial charge >= 0.3 is 0 Å². The van der Waals surface area contributed by atoms with E-state index in [0.29, 0.717) is 11.3 Å². The van der Waals surface area contributed by atoms with Crippen LogP contribution >= 0.6 is 11.8 Å². The molecule has 0 saturated heterocycles. The van der Waals surface area contributed by atoms with Crippen molar-refractivity contribution >= 4 is 27.7 Å².